The standard InChI is InChI=1S/C7H9N3O.ClH/c1-2-6(4-8-3-1)7-9-5-10-11-7;/h2,5,8H,1,3-4H2;1H. The van der Waals surface area contributed by atoms with Gasteiger partial charge < -0.3 is 9.84 Å². The molecule has 4 nitrogen and oxygen atoms in total. The van der Waals surface area contributed by atoms with Crippen LogP contribution >= 0.6 is 12.4 Å². The Morgan fingerprint density at radius 3 is 3.00 bits per heavy atom. The molecule has 0 saturated carbocycles. The minimum atomic E-state index is 0. The summed E-state index contributed by atoms with van der Waals surface area (Å²) in [5.41, 5.74) is 1.11. The highest BCUT2D eigenvalue weighted by molar-refractivity contribution is 5.85. The molecule has 0 unspecified atom stereocenters. The van der Waals surface area contributed by atoms with Gasteiger partial charge in [0, 0.05) is 12.1 Å². The number of nitrogens with one attached hydrogen (secondary N) is 1. The van der Waals surface area contributed by atoms with E-state index in [1.54, 1.807) is 0 Å². The molecule has 0 amide bonds. The van der Waals surface area contributed by atoms with Crippen LogP contribution < -0.4 is 5.32 Å². The van der Waals surface area contributed by atoms with Crippen LogP contribution in [0.1, 0.15) is 12.3 Å². The summed E-state index contributed by atoms with van der Waals surface area (Å²) in [6.07, 6.45) is 4.59. The van der Waals surface area contributed by atoms with Gasteiger partial charge in [0.1, 0.15) is 0 Å². The lowest BCUT2D eigenvalue weighted by Crippen LogP contribution is -2.21. The Balaban J connectivity index is 0.000000720. The summed E-state index contributed by atoms with van der Waals surface area (Å²) >= 11 is 0. The maximum Gasteiger partial charge on any atom is 0.254 e. The molecule has 12 heavy (non-hydrogen) atoms. The van der Waals surface area contributed by atoms with Gasteiger partial charge in [0.2, 0.25) is 0 Å². The molecule has 1 aliphatic heterocycles. The van der Waals surface area contributed by atoms with Gasteiger partial charge in [-0.15, -0.1) is 12.4 Å². The zero-order valence-electron chi connectivity index (χ0n) is 6.49. The van der Waals surface area contributed by atoms with Gasteiger partial charge in [-0.05, 0) is 13.0 Å². The second kappa shape index (κ2) is 4.23. The number of nitrogens with zero attached hydrogens (tertiary/aromatic N) is 2. The summed E-state index contributed by atoms with van der Waals surface area (Å²) in [6.45, 7) is 1.87. The zero-order chi connectivity index (χ0) is 7.52. The molecule has 66 valence electrons. The summed E-state index contributed by atoms with van der Waals surface area (Å²) in [5, 5.41) is 6.77. The van der Waals surface area contributed by atoms with Crippen molar-refractivity contribution >= 4 is 18.0 Å². The quantitative estimate of drug-likeness (QED) is 0.709. The molecule has 0 fully saturated rings. The average Bonchev–Trinajstić information content (AvgIpc) is 2.58. The Labute approximate surface area is 76.4 Å². The molecule has 1 aromatic heterocycles. The van der Waals surface area contributed by atoms with Crippen molar-refractivity contribution in [1.29, 1.82) is 0 Å². The molecule has 2 rings (SSSR count). The monoisotopic (exact) mass is 187 g/mol. The van der Waals surface area contributed by atoms with Gasteiger partial charge in [0.25, 0.3) is 5.89 Å². The Kier molecular flexibility index (Phi) is 3.25. The van der Waals surface area contributed by atoms with E-state index in [2.05, 4.69) is 21.5 Å². The van der Waals surface area contributed by atoms with Gasteiger partial charge in [-0.1, -0.05) is 11.2 Å². The van der Waals surface area contributed by atoms with Crippen LogP contribution in [0.25, 0.3) is 5.57 Å². The molecule has 0 bridgehead atoms. The van der Waals surface area contributed by atoms with Gasteiger partial charge in [-0.3, -0.25) is 0 Å². The molecule has 0 aliphatic carbocycles. The molecule has 0 spiro atoms. The molecule has 1 N–H and O–H groups in total. The summed E-state index contributed by atoms with van der Waals surface area (Å²) < 4.78 is 4.90. The largest absolute Gasteiger partial charge is 0.335 e. The third kappa shape index (κ3) is 1.84. The minimum absolute atomic E-state index is 0. The normalized spacial score (nSPS) is 16.5. The molecule has 0 saturated heterocycles. The van der Waals surface area contributed by atoms with Gasteiger partial charge in [0.05, 0.1) is 0 Å². The lowest BCUT2D eigenvalue weighted by molar-refractivity contribution is 0.404. The highest BCUT2D eigenvalue weighted by Gasteiger charge is 2.09. The first-order valence-electron chi connectivity index (χ1n) is 3.63. The fourth-order valence-electron chi connectivity index (χ4n) is 1.12. The second-order valence-corrected chi connectivity index (χ2v) is 2.44. The Bertz CT molecular complexity index is 258. The summed E-state index contributed by atoms with van der Waals surface area (Å²) in [6, 6.07) is 0. The van der Waals surface area contributed by atoms with Crippen molar-refractivity contribution in [3.63, 3.8) is 0 Å². The van der Waals surface area contributed by atoms with E-state index < -0.39 is 0 Å². The maximum absolute atomic E-state index is 4.90. The minimum Gasteiger partial charge on any atom is -0.335 e. The summed E-state index contributed by atoms with van der Waals surface area (Å²) in [7, 11) is 0. The third-order valence-corrected chi connectivity index (χ3v) is 1.66. The van der Waals surface area contributed by atoms with Crippen LogP contribution in [-0.2, 0) is 0 Å². The van der Waals surface area contributed by atoms with Crippen molar-refractivity contribution in [1.82, 2.24) is 15.5 Å². The SMILES string of the molecule is C1=C(c2ncno2)CNCC1.Cl. The molecule has 0 atom stereocenters. The maximum atomic E-state index is 4.90. The number of rotatable bonds is 1. The van der Waals surface area contributed by atoms with Crippen LogP contribution in [0.4, 0.5) is 0 Å². The van der Waals surface area contributed by atoms with Crippen molar-refractivity contribution in [3.8, 4) is 0 Å². The predicted octanol–water partition coefficient (Wildman–Crippen LogP) is 0.868. The molecule has 2 heterocycles. The number of aromatic nitrogens is 2. The smallest absolute Gasteiger partial charge is 0.254 e. The molecular formula is C7H10ClN3O. The number of hydrogen-bond donors (Lipinski definition) is 1. The Hall–Kier alpha value is -0.870. The van der Waals surface area contributed by atoms with Crippen molar-refractivity contribution in [3.05, 3.63) is 18.3 Å². The summed E-state index contributed by atoms with van der Waals surface area (Å²) in [5.74, 6) is 0.636. The zero-order valence-corrected chi connectivity index (χ0v) is 7.30. The van der Waals surface area contributed by atoms with Crippen molar-refractivity contribution in [2.24, 2.45) is 0 Å². The van der Waals surface area contributed by atoms with Gasteiger partial charge >= 0.3 is 0 Å². The molecule has 0 radical (unpaired) electrons. The van der Waals surface area contributed by atoms with Crippen LogP contribution in [-0.4, -0.2) is 23.2 Å². The van der Waals surface area contributed by atoms with Crippen molar-refractivity contribution in [2.45, 2.75) is 6.42 Å². The molecule has 1 aromatic rings. The van der Waals surface area contributed by atoms with Crippen LogP contribution in [0.15, 0.2) is 16.9 Å². The van der Waals surface area contributed by atoms with E-state index in [4.69, 9.17) is 4.52 Å². The molecule has 5 heteroatoms. The fourth-order valence-corrected chi connectivity index (χ4v) is 1.12. The Morgan fingerprint density at radius 1 is 1.50 bits per heavy atom. The highest BCUT2D eigenvalue weighted by Crippen LogP contribution is 2.12. The predicted molar refractivity (Wildman–Crippen MR) is 47.0 cm³/mol. The molecule has 1 aliphatic rings. The van der Waals surface area contributed by atoms with Crippen LogP contribution in [0.3, 0.4) is 0 Å². The second-order valence-electron chi connectivity index (χ2n) is 2.44. The first-order chi connectivity index (χ1) is 5.47. The van der Waals surface area contributed by atoms with Crippen LogP contribution in [0.2, 0.25) is 0 Å². The number of hydrogen-bond acceptors (Lipinski definition) is 4. The highest BCUT2D eigenvalue weighted by atomic mass is 35.5. The lowest BCUT2D eigenvalue weighted by Gasteiger charge is -2.09. The topological polar surface area (TPSA) is 51.0 Å². The van der Waals surface area contributed by atoms with Gasteiger partial charge in [0.15, 0.2) is 6.33 Å². The van der Waals surface area contributed by atoms with E-state index >= 15 is 0 Å². The summed E-state index contributed by atoms with van der Waals surface area (Å²) in [4.78, 5) is 3.95. The van der Waals surface area contributed by atoms with Crippen LogP contribution in [0, 0.1) is 0 Å². The van der Waals surface area contributed by atoms with E-state index in [9.17, 15) is 0 Å². The molecular weight excluding hydrogens is 178 g/mol. The van der Waals surface area contributed by atoms with E-state index in [0.717, 1.165) is 25.1 Å². The first-order valence-corrected chi connectivity index (χ1v) is 3.63. The van der Waals surface area contributed by atoms with Crippen LogP contribution in [0.5, 0.6) is 0 Å². The van der Waals surface area contributed by atoms with E-state index in [1.165, 1.54) is 6.33 Å². The van der Waals surface area contributed by atoms with E-state index in [0.29, 0.717) is 5.89 Å². The van der Waals surface area contributed by atoms with E-state index in [-0.39, 0.29) is 12.4 Å². The lowest BCUT2D eigenvalue weighted by atomic mass is 10.1. The van der Waals surface area contributed by atoms with Crippen molar-refractivity contribution in [2.75, 3.05) is 13.1 Å². The van der Waals surface area contributed by atoms with Gasteiger partial charge in [-0.25, -0.2) is 0 Å². The van der Waals surface area contributed by atoms with Crippen molar-refractivity contribution < 1.29 is 4.52 Å². The fraction of sp³-hybridized carbons (Fsp3) is 0.429. The first kappa shape index (κ1) is 9.22. The van der Waals surface area contributed by atoms with Gasteiger partial charge in [-0.2, -0.15) is 4.98 Å². The average molecular weight is 188 g/mol. The third-order valence-electron chi connectivity index (χ3n) is 1.66. The number of halogens is 1. The Morgan fingerprint density at radius 2 is 2.42 bits per heavy atom. The molecule has 0 aromatic carbocycles. The van der Waals surface area contributed by atoms with E-state index in [1.807, 2.05) is 0 Å².